The maximum absolute atomic E-state index is 11.0. The summed E-state index contributed by atoms with van der Waals surface area (Å²) in [4.78, 5) is 15.1. The standard InChI is InChI=1S/C11H10N2O2/c12-11(14)9-1-2-10-8(7-9)3-5-15-6-4-13-10/h1-4,6-7H,5H2,(H2,12,14)/b6-4-,8-3-,13-10-. The number of ether oxygens (including phenoxy) is 1. The predicted octanol–water partition coefficient (Wildman–Crippen LogP) is -0.313. The largest absolute Gasteiger partial charge is 0.496 e. The van der Waals surface area contributed by atoms with E-state index < -0.39 is 5.91 Å². The summed E-state index contributed by atoms with van der Waals surface area (Å²) in [7, 11) is 0. The normalized spacial score (nSPS) is 20.3. The molecule has 76 valence electrons. The first-order valence-corrected chi connectivity index (χ1v) is 4.52. The molecule has 0 saturated heterocycles. The van der Waals surface area contributed by atoms with Crippen LogP contribution in [0.1, 0.15) is 10.4 Å². The summed E-state index contributed by atoms with van der Waals surface area (Å²) < 4.78 is 5.09. The molecule has 0 saturated carbocycles. The lowest BCUT2D eigenvalue weighted by Crippen LogP contribution is -2.28. The predicted molar refractivity (Wildman–Crippen MR) is 55.3 cm³/mol. The summed E-state index contributed by atoms with van der Waals surface area (Å²) >= 11 is 0. The number of nitrogens with zero attached hydrogens (tertiary/aromatic N) is 1. The van der Waals surface area contributed by atoms with Crippen LogP contribution >= 0.6 is 0 Å². The molecule has 4 heteroatoms. The number of rotatable bonds is 1. The van der Waals surface area contributed by atoms with Crippen molar-refractivity contribution in [2.75, 3.05) is 6.61 Å². The monoisotopic (exact) mass is 202 g/mol. The van der Waals surface area contributed by atoms with Crippen LogP contribution in [0.15, 0.2) is 35.7 Å². The first kappa shape index (κ1) is 9.45. The van der Waals surface area contributed by atoms with Gasteiger partial charge in [-0.25, -0.2) is 0 Å². The van der Waals surface area contributed by atoms with Crippen molar-refractivity contribution in [2.45, 2.75) is 0 Å². The Morgan fingerprint density at radius 3 is 3.13 bits per heavy atom. The Morgan fingerprint density at radius 2 is 2.33 bits per heavy atom. The van der Waals surface area contributed by atoms with Gasteiger partial charge >= 0.3 is 0 Å². The fourth-order valence-electron chi connectivity index (χ4n) is 1.34. The maximum Gasteiger partial charge on any atom is 0.248 e. The van der Waals surface area contributed by atoms with Crippen LogP contribution in [0.5, 0.6) is 0 Å². The van der Waals surface area contributed by atoms with Crippen molar-refractivity contribution < 1.29 is 9.53 Å². The van der Waals surface area contributed by atoms with E-state index in [-0.39, 0.29) is 0 Å². The van der Waals surface area contributed by atoms with E-state index in [1.807, 2.05) is 6.08 Å². The van der Waals surface area contributed by atoms with Crippen LogP contribution in [-0.2, 0) is 4.74 Å². The zero-order chi connectivity index (χ0) is 10.7. The van der Waals surface area contributed by atoms with Gasteiger partial charge in [0.05, 0.1) is 11.6 Å². The molecule has 0 radical (unpaired) electrons. The molecule has 0 spiro atoms. The van der Waals surface area contributed by atoms with Crippen molar-refractivity contribution in [1.82, 2.24) is 0 Å². The van der Waals surface area contributed by atoms with Gasteiger partial charge in [0.15, 0.2) is 0 Å². The molecule has 1 aromatic rings. The Labute approximate surface area is 86.4 Å². The molecular weight excluding hydrogens is 192 g/mol. The van der Waals surface area contributed by atoms with Gasteiger partial charge in [-0.2, -0.15) is 0 Å². The molecule has 1 aromatic carbocycles. The smallest absolute Gasteiger partial charge is 0.248 e. The molecule has 0 unspecified atom stereocenters. The highest BCUT2D eigenvalue weighted by molar-refractivity contribution is 5.92. The summed E-state index contributed by atoms with van der Waals surface area (Å²) in [5.74, 6) is -0.440. The minimum absolute atomic E-state index is 0.440. The second-order valence-corrected chi connectivity index (χ2v) is 3.09. The average Bonchev–Trinajstić information content (AvgIpc) is 2.18. The number of nitrogens with two attached hydrogens (primary N) is 1. The summed E-state index contributed by atoms with van der Waals surface area (Å²) in [6, 6.07) is 5.14. The summed E-state index contributed by atoms with van der Waals surface area (Å²) in [6.07, 6.45) is 4.96. The highest BCUT2D eigenvalue weighted by Crippen LogP contribution is 1.91. The van der Waals surface area contributed by atoms with Crippen molar-refractivity contribution in [3.8, 4) is 0 Å². The van der Waals surface area contributed by atoms with Crippen LogP contribution in [0.25, 0.3) is 6.08 Å². The fourth-order valence-corrected chi connectivity index (χ4v) is 1.34. The van der Waals surface area contributed by atoms with E-state index in [2.05, 4.69) is 4.99 Å². The number of benzene rings is 1. The summed E-state index contributed by atoms with van der Waals surface area (Å²) in [5, 5.41) is 1.66. The third-order valence-electron chi connectivity index (χ3n) is 2.08. The van der Waals surface area contributed by atoms with Gasteiger partial charge < -0.3 is 10.5 Å². The van der Waals surface area contributed by atoms with Gasteiger partial charge in [0.2, 0.25) is 5.91 Å². The third kappa shape index (κ3) is 2.04. The van der Waals surface area contributed by atoms with Gasteiger partial charge in [0.25, 0.3) is 0 Å². The second kappa shape index (κ2) is 3.96. The lowest BCUT2D eigenvalue weighted by molar-refractivity contribution is 0.1000. The van der Waals surface area contributed by atoms with E-state index in [9.17, 15) is 4.79 Å². The second-order valence-electron chi connectivity index (χ2n) is 3.09. The van der Waals surface area contributed by atoms with E-state index in [4.69, 9.17) is 10.5 Å². The van der Waals surface area contributed by atoms with E-state index in [0.29, 0.717) is 12.2 Å². The summed E-state index contributed by atoms with van der Waals surface area (Å²) in [6.45, 7) is 0.460. The molecule has 0 aliphatic carbocycles. The molecule has 0 aromatic heterocycles. The lowest BCUT2D eigenvalue weighted by Gasteiger charge is -1.99. The Morgan fingerprint density at radius 1 is 1.47 bits per heavy atom. The number of amides is 1. The minimum Gasteiger partial charge on any atom is -0.496 e. The molecule has 15 heavy (non-hydrogen) atoms. The number of hydrogen-bond acceptors (Lipinski definition) is 3. The van der Waals surface area contributed by atoms with Crippen LogP contribution in [-0.4, -0.2) is 12.5 Å². The van der Waals surface area contributed by atoms with Gasteiger partial charge in [0, 0.05) is 10.8 Å². The Balaban J connectivity index is 2.65. The van der Waals surface area contributed by atoms with Crippen molar-refractivity contribution >= 4 is 12.0 Å². The van der Waals surface area contributed by atoms with Gasteiger partial charge in [-0.3, -0.25) is 9.79 Å². The number of primary amides is 1. The number of hydrogen-bond donors (Lipinski definition) is 1. The number of carbonyl (C=O) groups is 1. The van der Waals surface area contributed by atoms with Crippen LogP contribution < -0.4 is 16.3 Å². The molecule has 1 aliphatic heterocycles. The first-order chi connectivity index (χ1) is 7.27. The molecule has 1 heterocycles. The molecule has 1 aliphatic rings. The third-order valence-corrected chi connectivity index (χ3v) is 2.08. The molecule has 4 nitrogen and oxygen atoms in total. The van der Waals surface area contributed by atoms with Gasteiger partial charge in [-0.15, -0.1) is 0 Å². The Kier molecular flexibility index (Phi) is 2.49. The zero-order valence-electron chi connectivity index (χ0n) is 8.01. The van der Waals surface area contributed by atoms with Crippen molar-refractivity contribution in [3.63, 3.8) is 0 Å². The molecule has 0 bridgehead atoms. The van der Waals surface area contributed by atoms with Crippen molar-refractivity contribution in [3.05, 3.63) is 46.8 Å². The lowest BCUT2D eigenvalue weighted by atomic mass is 10.1. The molecular formula is C11H10N2O2. The number of carbonyl (C=O) groups excluding carboxylic acids is 1. The molecule has 2 N–H and O–H groups in total. The maximum atomic E-state index is 11.0. The van der Waals surface area contributed by atoms with Crippen molar-refractivity contribution in [1.29, 1.82) is 0 Å². The highest BCUT2D eigenvalue weighted by atomic mass is 16.5. The van der Waals surface area contributed by atoms with Crippen LogP contribution in [0.3, 0.4) is 0 Å². The Hall–Kier alpha value is -2.10. The topological polar surface area (TPSA) is 64.7 Å². The van der Waals surface area contributed by atoms with E-state index in [0.717, 1.165) is 10.6 Å². The van der Waals surface area contributed by atoms with E-state index in [1.54, 1.807) is 24.4 Å². The highest BCUT2D eigenvalue weighted by Gasteiger charge is 1.99. The van der Waals surface area contributed by atoms with E-state index >= 15 is 0 Å². The average molecular weight is 202 g/mol. The van der Waals surface area contributed by atoms with E-state index in [1.165, 1.54) is 6.26 Å². The summed E-state index contributed by atoms with van der Waals surface area (Å²) in [5.41, 5.74) is 5.66. The number of fused-ring (bicyclic) bond motifs is 1. The molecule has 0 atom stereocenters. The fraction of sp³-hybridized carbons (Fsp3) is 0.0909. The van der Waals surface area contributed by atoms with Crippen LogP contribution in [0, 0.1) is 0 Å². The molecule has 2 rings (SSSR count). The molecule has 1 amide bonds. The van der Waals surface area contributed by atoms with Gasteiger partial charge in [0.1, 0.15) is 12.9 Å². The first-order valence-electron chi connectivity index (χ1n) is 4.52. The van der Waals surface area contributed by atoms with Gasteiger partial charge in [-0.1, -0.05) is 0 Å². The zero-order valence-corrected chi connectivity index (χ0v) is 8.01. The Bertz CT molecular complexity index is 532. The SMILES string of the molecule is NC(=O)c1ccc2/c(c1)=C\CO/C=C\N=2. The minimum atomic E-state index is -0.440. The van der Waals surface area contributed by atoms with Crippen LogP contribution in [0.2, 0.25) is 0 Å². The van der Waals surface area contributed by atoms with Gasteiger partial charge in [-0.05, 0) is 24.3 Å². The molecule has 0 fully saturated rings. The van der Waals surface area contributed by atoms with Crippen LogP contribution in [0.4, 0.5) is 0 Å². The quantitative estimate of drug-likeness (QED) is 0.678. The van der Waals surface area contributed by atoms with Crippen molar-refractivity contribution in [2.24, 2.45) is 10.7 Å².